The third-order valence-electron chi connectivity index (χ3n) is 4.29. The first-order chi connectivity index (χ1) is 13.3. The Morgan fingerprint density at radius 1 is 0.931 bits per heavy atom. The molecule has 29 heavy (non-hydrogen) atoms. The van der Waals surface area contributed by atoms with E-state index in [0.29, 0.717) is 13.0 Å². The Kier molecular flexibility index (Phi) is 30.4. The number of carbonyl (C=O) groups excluding carboxylic acids is 1. The van der Waals surface area contributed by atoms with E-state index in [9.17, 15) is 13.2 Å². The van der Waals surface area contributed by atoms with Crippen LogP contribution >= 0.6 is 0 Å². The molecule has 0 unspecified atom stereocenters. The van der Waals surface area contributed by atoms with E-state index in [1.54, 1.807) is 7.05 Å². The van der Waals surface area contributed by atoms with Gasteiger partial charge in [0.2, 0.25) is 5.91 Å². The van der Waals surface area contributed by atoms with Gasteiger partial charge in [0.25, 0.3) is 10.1 Å². The molecule has 0 radical (unpaired) electrons. The summed E-state index contributed by atoms with van der Waals surface area (Å²) in [6.45, 7) is 2.55. The molecule has 170 valence electrons. The van der Waals surface area contributed by atoms with Gasteiger partial charge in [0.05, 0.1) is 5.75 Å². The first kappa shape index (κ1) is 33.7. The molecular formula is C21H45N2NaO4S. The summed E-state index contributed by atoms with van der Waals surface area (Å²) in [5, 5.41) is 2.59. The molecule has 0 spiro atoms. The molecule has 0 heterocycles. The number of carbonyl (C=O) groups is 1. The van der Waals surface area contributed by atoms with E-state index in [0.717, 1.165) is 12.8 Å². The Morgan fingerprint density at radius 2 is 1.38 bits per heavy atom. The molecule has 0 aliphatic carbocycles. The SMILES string of the molecule is CCCCCCCC/C=C\CCCCCCCC(N)=O.CNCCS(=O)(=O)O.[H-].[Na+]. The summed E-state index contributed by atoms with van der Waals surface area (Å²) in [6, 6.07) is 0. The quantitative estimate of drug-likeness (QED) is 0.129. The van der Waals surface area contributed by atoms with Crippen molar-refractivity contribution in [2.45, 2.75) is 96.8 Å². The number of nitrogens with two attached hydrogens (primary N) is 1. The van der Waals surface area contributed by atoms with Gasteiger partial charge in [-0.2, -0.15) is 8.42 Å². The molecule has 0 aliphatic heterocycles. The summed E-state index contributed by atoms with van der Waals surface area (Å²) < 4.78 is 27.9. The minimum absolute atomic E-state index is 0. The summed E-state index contributed by atoms with van der Waals surface area (Å²) >= 11 is 0. The maximum Gasteiger partial charge on any atom is 1.00 e. The average molecular weight is 445 g/mol. The van der Waals surface area contributed by atoms with Crippen LogP contribution in [0.1, 0.15) is 98.2 Å². The zero-order valence-electron chi connectivity index (χ0n) is 20.1. The predicted molar refractivity (Wildman–Crippen MR) is 120 cm³/mol. The van der Waals surface area contributed by atoms with Gasteiger partial charge in [0.15, 0.2) is 0 Å². The van der Waals surface area contributed by atoms with Crippen molar-refractivity contribution in [3.63, 3.8) is 0 Å². The number of primary amides is 1. The molecule has 0 aliphatic rings. The van der Waals surface area contributed by atoms with E-state index in [4.69, 9.17) is 10.3 Å². The fourth-order valence-electron chi connectivity index (χ4n) is 2.60. The molecule has 0 bridgehead atoms. The van der Waals surface area contributed by atoms with Crippen LogP contribution in [0.2, 0.25) is 0 Å². The molecule has 0 fully saturated rings. The molecule has 0 atom stereocenters. The van der Waals surface area contributed by atoms with Gasteiger partial charge >= 0.3 is 29.6 Å². The molecule has 4 N–H and O–H groups in total. The summed E-state index contributed by atoms with van der Waals surface area (Å²) in [7, 11) is -2.13. The van der Waals surface area contributed by atoms with Crippen LogP contribution in [0.25, 0.3) is 0 Å². The Hall–Kier alpha value is 0.0800. The van der Waals surface area contributed by atoms with E-state index in [1.165, 1.54) is 70.6 Å². The van der Waals surface area contributed by atoms with Crippen LogP contribution in [0, 0.1) is 0 Å². The van der Waals surface area contributed by atoms with Crippen LogP contribution in [-0.2, 0) is 14.9 Å². The van der Waals surface area contributed by atoms with Crippen LogP contribution < -0.4 is 40.6 Å². The van der Waals surface area contributed by atoms with Crippen LogP contribution in [0.3, 0.4) is 0 Å². The fourth-order valence-corrected chi connectivity index (χ4v) is 3.06. The molecule has 0 aromatic heterocycles. The Morgan fingerprint density at radius 3 is 1.76 bits per heavy atom. The molecule has 0 saturated carbocycles. The first-order valence-electron chi connectivity index (χ1n) is 10.9. The average Bonchev–Trinajstić information content (AvgIpc) is 2.63. The van der Waals surface area contributed by atoms with Crippen molar-refractivity contribution in [2.24, 2.45) is 5.73 Å². The largest absolute Gasteiger partial charge is 1.00 e. The Balaban J connectivity index is -0.000000288. The minimum Gasteiger partial charge on any atom is -1.00 e. The van der Waals surface area contributed by atoms with E-state index >= 15 is 0 Å². The molecular weight excluding hydrogens is 399 g/mol. The van der Waals surface area contributed by atoms with Gasteiger partial charge < -0.3 is 12.5 Å². The topological polar surface area (TPSA) is 109 Å². The smallest absolute Gasteiger partial charge is 1.00 e. The van der Waals surface area contributed by atoms with Crippen LogP contribution in [-0.4, -0.2) is 38.2 Å². The van der Waals surface area contributed by atoms with Gasteiger partial charge in [-0.25, -0.2) is 0 Å². The van der Waals surface area contributed by atoms with E-state index < -0.39 is 10.1 Å². The predicted octanol–water partition coefficient (Wildman–Crippen LogP) is 1.72. The fraction of sp³-hybridized carbons (Fsp3) is 0.857. The summed E-state index contributed by atoms with van der Waals surface area (Å²) in [5.41, 5.74) is 5.10. The summed E-state index contributed by atoms with van der Waals surface area (Å²) in [4.78, 5) is 10.5. The van der Waals surface area contributed by atoms with Crippen molar-refractivity contribution in [1.29, 1.82) is 0 Å². The van der Waals surface area contributed by atoms with Crippen LogP contribution in [0.4, 0.5) is 0 Å². The second-order valence-electron chi connectivity index (χ2n) is 7.19. The standard InChI is InChI=1S/C18H35NO.C3H9NO3S.Na.H/c1-2-3-4-5-6-7-8-9-10-11-12-13-14-15-16-17-18(19)20;1-4-2-3-8(5,6)7;;/h9-10H,2-8,11-17H2,1H3,(H2,19,20);4H,2-3H2,1H3,(H,5,6,7);;/q;;+1;-1/b10-9-;;;. The molecule has 0 rings (SSSR count). The maximum absolute atomic E-state index is 10.5. The Bertz CT molecular complexity index is 478. The van der Waals surface area contributed by atoms with Gasteiger partial charge in [0.1, 0.15) is 0 Å². The zero-order valence-corrected chi connectivity index (χ0v) is 21.9. The Labute approximate surface area is 203 Å². The van der Waals surface area contributed by atoms with Gasteiger partial charge in [-0.1, -0.05) is 70.4 Å². The molecule has 8 heteroatoms. The number of unbranched alkanes of at least 4 members (excludes halogenated alkanes) is 11. The van der Waals surface area contributed by atoms with E-state index in [1.807, 2.05) is 0 Å². The van der Waals surface area contributed by atoms with Crippen molar-refractivity contribution in [1.82, 2.24) is 5.32 Å². The number of hydrogen-bond donors (Lipinski definition) is 3. The molecule has 1 amide bonds. The normalized spacial score (nSPS) is 11.0. The van der Waals surface area contributed by atoms with Crippen LogP contribution in [0.15, 0.2) is 12.2 Å². The maximum atomic E-state index is 10.5. The number of rotatable bonds is 18. The number of nitrogens with one attached hydrogen (secondary N) is 1. The molecule has 6 nitrogen and oxygen atoms in total. The zero-order chi connectivity index (χ0) is 21.5. The number of amides is 1. The summed E-state index contributed by atoms with van der Waals surface area (Å²) in [5.74, 6) is -0.383. The van der Waals surface area contributed by atoms with Gasteiger partial charge in [-0.3, -0.25) is 9.35 Å². The van der Waals surface area contributed by atoms with Crippen molar-refractivity contribution >= 4 is 16.0 Å². The number of allylic oxidation sites excluding steroid dienone is 2. The molecule has 0 saturated heterocycles. The third kappa shape index (κ3) is 39.2. The summed E-state index contributed by atoms with van der Waals surface area (Å²) in [6.07, 6.45) is 21.9. The second-order valence-corrected chi connectivity index (χ2v) is 8.76. The second kappa shape index (κ2) is 26.1. The van der Waals surface area contributed by atoms with E-state index in [-0.39, 0.29) is 42.6 Å². The monoisotopic (exact) mass is 444 g/mol. The third-order valence-corrected chi connectivity index (χ3v) is 5.02. The van der Waals surface area contributed by atoms with Gasteiger partial charge in [-0.15, -0.1) is 0 Å². The van der Waals surface area contributed by atoms with Crippen molar-refractivity contribution in [2.75, 3.05) is 19.3 Å². The molecule has 0 aromatic rings. The van der Waals surface area contributed by atoms with Crippen molar-refractivity contribution < 1.29 is 48.7 Å². The number of hydrogen-bond acceptors (Lipinski definition) is 4. The van der Waals surface area contributed by atoms with E-state index in [2.05, 4.69) is 24.4 Å². The minimum atomic E-state index is -3.75. The van der Waals surface area contributed by atoms with Crippen LogP contribution in [0.5, 0.6) is 0 Å². The molecule has 0 aromatic carbocycles. The van der Waals surface area contributed by atoms with Gasteiger partial charge in [0, 0.05) is 13.0 Å². The first-order valence-corrected chi connectivity index (χ1v) is 12.5. The van der Waals surface area contributed by atoms with Crippen molar-refractivity contribution in [3.05, 3.63) is 12.2 Å². The van der Waals surface area contributed by atoms with Crippen molar-refractivity contribution in [3.8, 4) is 0 Å². The van der Waals surface area contributed by atoms with Gasteiger partial charge in [-0.05, 0) is 39.2 Å².